The molecular formula is C16H12BrF3N4. The van der Waals surface area contributed by atoms with Crippen LogP contribution in [0.4, 0.5) is 13.2 Å². The predicted molar refractivity (Wildman–Crippen MR) is 86.8 cm³/mol. The summed E-state index contributed by atoms with van der Waals surface area (Å²) in [5.41, 5.74) is 1.04. The van der Waals surface area contributed by atoms with Crippen molar-refractivity contribution >= 4 is 15.9 Å². The number of rotatable bonds is 2. The van der Waals surface area contributed by atoms with Gasteiger partial charge in [0, 0.05) is 5.56 Å². The molecule has 0 saturated carbocycles. The second-order valence-electron chi connectivity index (χ2n) is 5.20. The quantitative estimate of drug-likeness (QED) is 0.628. The van der Waals surface area contributed by atoms with Gasteiger partial charge in [-0.05, 0) is 35.8 Å². The number of nitrogens with zero attached hydrogens (tertiary/aromatic N) is 4. The number of benzene rings is 1. The average molecular weight is 397 g/mol. The van der Waals surface area contributed by atoms with Crippen LogP contribution in [0.5, 0.6) is 0 Å². The van der Waals surface area contributed by atoms with Crippen molar-refractivity contribution in [3.8, 4) is 17.2 Å². The fraction of sp³-hybridized carbons (Fsp3) is 0.188. The molecule has 24 heavy (non-hydrogen) atoms. The summed E-state index contributed by atoms with van der Waals surface area (Å²) in [7, 11) is 0. The van der Waals surface area contributed by atoms with E-state index in [0.717, 1.165) is 6.07 Å². The van der Waals surface area contributed by atoms with Gasteiger partial charge in [0.15, 0.2) is 5.69 Å². The highest BCUT2D eigenvalue weighted by Crippen LogP contribution is 2.31. The Morgan fingerprint density at radius 3 is 2.25 bits per heavy atom. The van der Waals surface area contributed by atoms with Gasteiger partial charge in [0.2, 0.25) is 0 Å². The molecule has 0 N–H and O–H groups in total. The molecule has 0 fully saturated rings. The minimum Gasteiger partial charge on any atom is -0.211 e. The summed E-state index contributed by atoms with van der Waals surface area (Å²) >= 11 is 3.36. The first kappa shape index (κ1) is 16.6. The molecule has 0 amide bonds. The van der Waals surface area contributed by atoms with Crippen molar-refractivity contribution in [2.24, 2.45) is 0 Å². The summed E-state index contributed by atoms with van der Waals surface area (Å²) in [6.45, 7) is 3.48. The Hall–Kier alpha value is -2.22. The summed E-state index contributed by atoms with van der Waals surface area (Å²) in [6.07, 6.45) is -4.57. The largest absolute Gasteiger partial charge is 0.433 e. The lowest BCUT2D eigenvalue weighted by Gasteiger charge is -2.11. The van der Waals surface area contributed by atoms with E-state index in [-0.39, 0.29) is 11.6 Å². The van der Waals surface area contributed by atoms with Crippen molar-refractivity contribution < 1.29 is 13.2 Å². The maximum absolute atomic E-state index is 13.2. The Morgan fingerprint density at radius 1 is 1.04 bits per heavy atom. The number of halogens is 4. The Bertz CT molecular complexity index is 888. The Labute approximate surface area is 144 Å². The Morgan fingerprint density at radius 2 is 1.71 bits per heavy atom. The van der Waals surface area contributed by atoms with Crippen molar-refractivity contribution in [3.05, 3.63) is 58.0 Å². The topological polar surface area (TPSA) is 43.6 Å². The van der Waals surface area contributed by atoms with Crippen LogP contribution in [-0.2, 0) is 6.18 Å². The van der Waals surface area contributed by atoms with E-state index >= 15 is 0 Å². The third kappa shape index (κ3) is 3.06. The van der Waals surface area contributed by atoms with Gasteiger partial charge in [0.25, 0.3) is 5.95 Å². The molecule has 3 aromatic rings. The zero-order valence-electron chi connectivity index (χ0n) is 12.8. The standard InChI is InChI=1S/C16H12BrF3N4/c1-9-14(17)10(2)24(23-9)15-21-12(11-6-4-3-5-7-11)8-13(22-15)16(18,19)20/h3-8H,1-2H3. The van der Waals surface area contributed by atoms with Crippen LogP contribution < -0.4 is 0 Å². The molecule has 3 rings (SSSR count). The van der Waals surface area contributed by atoms with Gasteiger partial charge < -0.3 is 0 Å². The highest BCUT2D eigenvalue weighted by molar-refractivity contribution is 9.10. The zero-order chi connectivity index (χ0) is 17.5. The number of hydrogen-bond acceptors (Lipinski definition) is 3. The molecule has 0 aliphatic rings. The van der Waals surface area contributed by atoms with E-state index in [1.807, 2.05) is 0 Å². The van der Waals surface area contributed by atoms with Crippen LogP contribution in [0.15, 0.2) is 40.9 Å². The molecule has 0 bridgehead atoms. The lowest BCUT2D eigenvalue weighted by Crippen LogP contribution is -2.14. The van der Waals surface area contributed by atoms with Crippen LogP contribution in [-0.4, -0.2) is 19.7 Å². The van der Waals surface area contributed by atoms with E-state index in [1.54, 1.807) is 44.2 Å². The summed E-state index contributed by atoms with van der Waals surface area (Å²) in [6, 6.07) is 9.61. The van der Waals surface area contributed by atoms with Gasteiger partial charge in [0.1, 0.15) is 0 Å². The molecule has 0 spiro atoms. The predicted octanol–water partition coefficient (Wildman–Crippen LogP) is 4.73. The van der Waals surface area contributed by atoms with Crippen molar-refractivity contribution in [2.45, 2.75) is 20.0 Å². The fourth-order valence-corrected chi connectivity index (χ4v) is 2.50. The molecular weight excluding hydrogens is 385 g/mol. The molecule has 0 aliphatic heterocycles. The molecule has 124 valence electrons. The second kappa shape index (κ2) is 6.01. The maximum Gasteiger partial charge on any atom is 0.433 e. The van der Waals surface area contributed by atoms with E-state index in [1.165, 1.54) is 4.68 Å². The monoisotopic (exact) mass is 396 g/mol. The van der Waals surface area contributed by atoms with Gasteiger partial charge in [-0.15, -0.1) is 0 Å². The maximum atomic E-state index is 13.2. The first-order valence-electron chi connectivity index (χ1n) is 7.01. The lowest BCUT2D eigenvalue weighted by molar-refractivity contribution is -0.141. The van der Waals surface area contributed by atoms with E-state index in [9.17, 15) is 13.2 Å². The molecule has 4 nitrogen and oxygen atoms in total. The van der Waals surface area contributed by atoms with E-state index < -0.39 is 11.9 Å². The van der Waals surface area contributed by atoms with Gasteiger partial charge in [0.05, 0.1) is 21.6 Å². The van der Waals surface area contributed by atoms with Crippen LogP contribution >= 0.6 is 15.9 Å². The minimum absolute atomic E-state index is 0.116. The van der Waals surface area contributed by atoms with E-state index in [0.29, 0.717) is 21.4 Å². The van der Waals surface area contributed by atoms with Crippen molar-refractivity contribution in [3.63, 3.8) is 0 Å². The number of aryl methyl sites for hydroxylation is 1. The first-order valence-corrected chi connectivity index (χ1v) is 7.80. The molecule has 2 aromatic heterocycles. The lowest BCUT2D eigenvalue weighted by atomic mass is 10.1. The Kier molecular flexibility index (Phi) is 4.16. The van der Waals surface area contributed by atoms with Crippen LogP contribution in [0.3, 0.4) is 0 Å². The van der Waals surface area contributed by atoms with Crippen LogP contribution in [0, 0.1) is 13.8 Å². The van der Waals surface area contributed by atoms with Gasteiger partial charge in [-0.2, -0.15) is 18.3 Å². The average Bonchev–Trinajstić information content (AvgIpc) is 2.82. The third-order valence-electron chi connectivity index (χ3n) is 3.47. The molecule has 0 atom stereocenters. The molecule has 1 aromatic carbocycles. The second-order valence-corrected chi connectivity index (χ2v) is 5.99. The van der Waals surface area contributed by atoms with E-state index in [2.05, 4.69) is 31.0 Å². The zero-order valence-corrected chi connectivity index (χ0v) is 14.4. The van der Waals surface area contributed by atoms with Crippen molar-refractivity contribution in [1.29, 1.82) is 0 Å². The molecule has 2 heterocycles. The third-order valence-corrected chi connectivity index (χ3v) is 4.61. The fourth-order valence-electron chi connectivity index (χ4n) is 2.25. The highest BCUT2D eigenvalue weighted by Gasteiger charge is 2.34. The van der Waals surface area contributed by atoms with Crippen molar-refractivity contribution in [2.75, 3.05) is 0 Å². The summed E-state index contributed by atoms with van der Waals surface area (Å²) < 4.78 is 41.7. The molecule has 0 radical (unpaired) electrons. The molecule has 0 saturated heterocycles. The normalized spacial score (nSPS) is 11.8. The molecule has 8 heteroatoms. The van der Waals surface area contributed by atoms with Gasteiger partial charge in [-0.25, -0.2) is 14.6 Å². The van der Waals surface area contributed by atoms with E-state index in [4.69, 9.17) is 0 Å². The summed E-state index contributed by atoms with van der Waals surface area (Å²) in [4.78, 5) is 7.93. The van der Waals surface area contributed by atoms with Crippen LogP contribution in [0.1, 0.15) is 17.1 Å². The molecule has 0 unspecified atom stereocenters. The highest BCUT2D eigenvalue weighted by atomic mass is 79.9. The number of hydrogen-bond donors (Lipinski definition) is 0. The molecule has 0 aliphatic carbocycles. The van der Waals surface area contributed by atoms with Gasteiger partial charge in [-0.3, -0.25) is 0 Å². The number of alkyl halides is 3. The van der Waals surface area contributed by atoms with Crippen molar-refractivity contribution in [1.82, 2.24) is 19.7 Å². The summed E-state index contributed by atoms with van der Waals surface area (Å²) in [5.74, 6) is -0.116. The SMILES string of the molecule is Cc1nn(-c2nc(-c3ccccc3)cc(C(F)(F)F)n2)c(C)c1Br. The summed E-state index contributed by atoms with van der Waals surface area (Å²) in [5, 5.41) is 4.22. The minimum atomic E-state index is -4.57. The first-order chi connectivity index (χ1) is 11.3. The number of aromatic nitrogens is 4. The smallest absolute Gasteiger partial charge is 0.211 e. The van der Waals surface area contributed by atoms with Gasteiger partial charge >= 0.3 is 6.18 Å². The Balaban J connectivity index is 2.24. The van der Waals surface area contributed by atoms with Crippen LogP contribution in [0.25, 0.3) is 17.2 Å². The van der Waals surface area contributed by atoms with Gasteiger partial charge in [-0.1, -0.05) is 30.3 Å². The van der Waals surface area contributed by atoms with Crippen LogP contribution in [0.2, 0.25) is 0 Å².